The van der Waals surface area contributed by atoms with Crippen LogP contribution >= 0.6 is 12.6 Å². The van der Waals surface area contributed by atoms with E-state index >= 15 is 0 Å². The van der Waals surface area contributed by atoms with Crippen LogP contribution in [0.3, 0.4) is 0 Å². The summed E-state index contributed by atoms with van der Waals surface area (Å²) >= 11 is 4.53. The highest BCUT2D eigenvalue weighted by Gasteiger charge is 2.19. The summed E-state index contributed by atoms with van der Waals surface area (Å²) in [5, 5.41) is 21.2. The lowest BCUT2D eigenvalue weighted by molar-refractivity contribution is 0.415. The van der Waals surface area contributed by atoms with Crippen molar-refractivity contribution in [3.05, 3.63) is 42.1 Å². The molecule has 0 amide bonds. The van der Waals surface area contributed by atoms with E-state index in [1.54, 1.807) is 19.4 Å². The highest BCUT2D eigenvalue weighted by molar-refractivity contribution is 7.80. The van der Waals surface area contributed by atoms with Gasteiger partial charge in [-0.1, -0.05) is 13.8 Å². The number of nitrogens with zero attached hydrogens (tertiary/aromatic N) is 3. The number of hydrogen-bond acceptors (Lipinski definition) is 6. The van der Waals surface area contributed by atoms with Crippen molar-refractivity contribution in [1.29, 1.82) is 0 Å². The van der Waals surface area contributed by atoms with Crippen LogP contribution in [0.5, 0.6) is 17.2 Å². The number of imidazole rings is 1. The van der Waals surface area contributed by atoms with Crippen molar-refractivity contribution in [3.63, 3.8) is 0 Å². The lowest BCUT2D eigenvalue weighted by Gasteiger charge is -2.22. The monoisotopic (exact) mass is 413 g/mol. The Kier molecular flexibility index (Phi) is 5.98. The minimum atomic E-state index is -0.0132. The topological polar surface area (TPSA) is 70.8 Å². The second-order valence-electron chi connectivity index (χ2n) is 7.23. The standard InChI is InChI=1S/C22H27N3O3S/c1-6-24(4)17-9-14(7-8-21(17)28-5)25-18(12-23-22(25)29)16-10-15(13(2)3)19(26)11-20(16)27/h7-13,26-27H,6H2,1-5H3,(H,23,29). The maximum absolute atomic E-state index is 10.5. The molecule has 29 heavy (non-hydrogen) atoms. The molecule has 1 heterocycles. The van der Waals surface area contributed by atoms with Gasteiger partial charge in [0.05, 0.1) is 30.4 Å². The van der Waals surface area contributed by atoms with E-state index in [9.17, 15) is 10.2 Å². The van der Waals surface area contributed by atoms with Gasteiger partial charge in [-0.15, -0.1) is 12.6 Å². The van der Waals surface area contributed by atoms with E-state index < -0.39 is 0 Å². The third-order valence-corrected chi connectivity index (χ3v) is 5.41. The summed E-state index contributed by atoms with van der Waals surface area (Å²) in [5.41, 5.74) is 3.81. The van der Waals surface area contributed by atoms with Crippen LogP contribution in [0.15, 0.2) is 41.7 Å². The smallest absolute Gasteiger partial charge is 0.169 e. The molecule has 0 radical (unpaired) electrons. The van der Waals surface area contributed by atoms with Crippen molar-refractivity contribution in [2.75, 3.05) is 25.6 Å². The van der Waals surface area contributed by atoms with Crippen LogP contribution in [-0.4, -0.2) is 40.5 Å². The normalized spacial score (nSPS) is 11.1. The van der Waals surface area contributed by atoms with Gasteiger partial charge in [0, 0.05) is 25.2 Å². The molecule has 154 valence electrons. The molecular formula is C22H27N3O3S. The Labute approximate surface area is 176 Å². The number of thiol groups is 1. The molecule has 0 aliphatic rings. The molecule has 6 nitrogen and oxygen atoms in total. The van der Waals surface area contributed by atoms with Gasteiger partial charge in [-0.25, -0.2) is 4.98 Å². The fraction of sp³-hybridized carbons (Fsp3) is 0.318. The molecule has 2 N–H and O–H groups in total. The average Bonchev–Trinajstić information content (AvgIpc) is 3.07. The maximum Gasteiger partial charge on any atom is 0.169 e. The molecule has 0 atom stereocenters. The molecule has 0 bridgehead atoms. The summed E-state index contributed by atoms with van der Waals surface area (Å²) in [6.07, 6.45) is 1.67. The number of aromatic nitrogens is 2. The molecule has 1 aromatic heterocycles. The molecule has 0 spiro atoms. The molecule has 7 heteroatoms. The Morgan fingerprint density at radius 2 is 1.90 bits per heavy atom. The van der Waals surface area contributed by atoms with Gasteiger partial charge in [0.15, 0.2) is 5.16 Å². The predicted molar refractivity (Wildman–Crippen MR) is 119 cm³/mol. The number of methoxy groups -OCH3 is 1. The van der Waals surface area contributed by atoms with Gasteiger partial charge in [0.1, 0.15) is 17.2 Å². The van der Waals surface area contributed by atoms with Gasteiger partial charge in [-0.2, -0.15) is 0 Å². The summed E-state index contributed by atoms with van der Waals surface area (Å²) < 4.78 is 7.37. The number of hydrogen-bond donors (Lipinski definition) is 3. The number of phenols is 2. The van der Waals surface area contributed by atoms with E-state index in [0.29, 0.717) is 16.4 Å². The van der Waals surface area contributed by atoms with E-state index in [4.69, 9.17) is 4.74 Å². The molecule has 0 fully saturated rings. The maximum atomic E-state index is 10.5. The van der Waals surface area contributed by atoms with Gasteiger partial charge in [-0.3, -0.25) is 4.57 Å². The zero-order valence-corrected chi connectivity index (χ0v) is 18.2. The first kappa shape index (κ1) is 20.9. The number of anilines is 1. The van der Waals surface area contributed by atoms with Gasteiger partial charge < -0.3 is 19.8 Å². The summed E-state index contributed by atoms with van der Waals surface area (Å²) in [7, 11) is 3.65. The number of phenolic OH excluding ortho intramolecular Hbond substituents is 2. The van der Waals surface area contributed by atoms with E-state index in [1.165, 1.54) is 6.07 Å². The van der Waals surface area contributed by atoms with Gasteiger partial charge in [0.2, 0.25) is 0 Å². The molecule has 3 rings (SSSR count). The fourth-order valence-electron chi connectivity index (χ4n) is 3.33. The van der Waals surface area contributed by atoms with Crippen LogP contribution in [0.2, 0.25) is 0 Å². The number of rotatable bonds is 6. The third-order valence-electron chi connectivity index (χ3n) is 5.09. The first-order chi connectivity index (χ1) is 13.8. The van der Waals surface area contributed by atoms with Gasteiger partial charge >= 0.3 is 0 Å². The number of benzene rings is 2. The first-order valence-electron chi connectivity index (χ1n) is 9.50. The van der Waals surface area contributed by atoms with Crippen molar-refractivity contribution in [2.45, 2.75) is 31.8 Å². The SMILES string of the molecule is CCN(C)c1cc(-n2c(-c3cc(C(C)C)c(O)cc3O)cnc2S)ccc1OC. The Bertz CT molecular complexity index is 1030. The van der Waals surface area contributed by atoms with Crippen LogP contribution in [0.25, 0.3) is 16.9 Å². The zero-order valence-electron chi connectivity index (χ0n) is 17.3. The van der Waals surface area contributed by atoms with Crippen molar-refractivity contribution < 1.29 is 14.9 Å². The van der Waals surface area contributed by atoms with Crippen LogP contribution in [0.1, 0.15) is 32.3 Å². The Balaban J connectivity index is 2.21. The average molecular weight is 414 g/mol. The first-order valence-corrected chi connectivity index (χ1v) is 9.95. The minimum Gasteiger partial charge on any atom is -0.508 e. The lowest BCUT2D eigenvalue weighted by atomic mass is 9.97. The van der Waals surface area contributed by atoms with E-state index in [0.717, 1.165) is 29.2 Å². The second kappa shape index (κ2) is 8.29. The van der Waals surface area contributed by atoms with E-state index in [1.807, 2.05) is 43.7 Å². The second-order valence-corrected chi connectivity index (χ2v) is 7.63. The molecule has 3 aromatic rings. The van der Waals surface area contributed by atoms with Crippen molar-refractivity contribution in [2.24, 2.45) is 0 Å². The predicted octanol–water partition coefficient (Wildman–Crippen LogP) is 4.83. The quantitative estimate of drug-likeness (QED) is 0.505. The van der Waals surface area contributed by atoms with E-state index in [-0.39, 0.29) is 17.4 Å². The summed E-state index contributed by atoms with van der Waals surface area (Å²) in [6, 6.07) is 9.03. The Morgan fingerprint density at radius 3 is 2.52 bits per heavy atom. The lowest BCUT2D eigenvalue weighted by Crippen LogP contribution is -2.17. The molecule has 0 aliphatic heterocycles. The molecule has 0 aliphatic carbocycles. The molecule has 2 aromatic carbocycles. The van der Waals surface area contributed by atoms with Crippen LogP contribution in [0, 0.1) is 0 Å². The van der Waals surface area contributed by atoms with Crippen molar-refractivity contribution in [3.8, 4) is 34.2 Å². The minimum absolute atomic E-state index is 0.0132. The zero-order chi connectivity index (χ0) is 21.3. The fourth-order valence-corrected chi connectivity index (χ4v) is 3.62. The van der Waals surface area contributed by atoms with Crippen molar-refractivity contribution in [1.82, 2.24) is 9.55 Å². The number of ether oxygens (including phenoxy) is 1. The highest BCUT2D eigenvalue weighted by Crippen LogP contribution is 2.40. The third kappa shape index (κ3) is 3.87. The van der Waals surface area contributed by atoms with Crippen LogP contribution in [0.4, 0.5) is 5.69 Å². The number of aromatic hydroxyl groups is 2. The molecular weight excluding hydrogens is 386 g/mol. The molecule has 0 unspecified atom stereocenters. The van der Waals surface area contributed by atoms with Gasteiger partial charge in [0.25, 0.3) is 0 Å². The summed E-state index contributed by atoms with van der Waals surface area (Å²) in [6.45, 7) is 6.88. The van der Waals surface area contributed by atoms with Crippen LogP contribution in [-0.2, 0) is 0 Å². The summed E-state index contributed by atoms with van der Waals surface area (Å²) in [5.74, 6) is 0.942. The van der Waals surface area contributed by atoms with Crippen molar-refractivity contribution >= 4 is 18.3 Å². The highest BCUT2D eigenvalue weighted by atomic mass is 32.1. The molecule has 0 saturated carbocycles. The largest absolute Gasteiger partial charge is 0.508 e. The van der Waals surface area contributed by atoms with Crippen LogP contribution < -0.4 is 9.64 Å². The Hall–Kier alpha value is -2.80. The Morgan fingerprint density at radius 1 is 1.17 bits per heavy atom. The van der Waals surface area contributed by atoms with E-state index in [2.05, 4.69) is 29.4 Å². The molecule has 0 saturated heterocycles. The summed E-state index contributed by atoms with van der Waals surface area (Å²) in [4.78, 5) is 6.44. The van der Waals surface area contributed by atoms with Gasteiger partial charge in [-0.05, 0) is 42.7 Å².